The maximum absolute atomic E-state index is 12.1. The number of ketones is 1. The van der Waals surface area contributed by atoms with E-state index in [1.54, 1.807) is 0 Å². The van der Waals surface area contributed by atoms with E-state index < -0.39 is 0 Å². The number of Topliss-reactive ketones (excluding diaryl/α,β-unsaturated/α-hetero) is 1. The molecular weight excluding hydrogens is 184 g/mol. The van der Waals surface area contributed by atoms with E-state index in [4.69, 9.17) is 0 Å². The Balaban J connectivity index is 2.22. The summed E-state index contributed by atoms with van der Waals surface area (Å²) in [5.74, 6) is 1.93. The van der Waals surface area contributed by atoms with Crippen LogP contribution in [0.15, 0.2) is 12.2 Å². The first kappa shape index (κ1) is 10.9. The fourth-order valence-corrected chi connectivity index (χ4v) is 3.39. The summed E-state index contributed by atoms with van der Waals surface area (Å²) in [6.45, 7) is 8.72. The van der Waals surface area contributed by atoms with Crippen molar-refractivity contribution in [1.82, 2.24) is 0 Å². The summed E-state index contributed by atoms with van der Waals surface area (Å²) in [5, 5.41) is 0. The molecule has 0 N–H and O–H groups in total. The maximum Gasteiger partial charge on any atom is 0.143 e. The summed E-state index contributed by atoms with van der Waals surface area (Å²) in [4.78, 5) is 12.1. The van der Waals surface area contributed by atoms with Crippen LogP contribution >= 0.6 is 0 Å². The highest BCUT2D eigenvalue weighted by atomic mass is 16.1. The van der Waals surface area contributed by atoms with Crippen LogP contribution in [0.3, 0.4) is 0 Å². The lowest BCUT2D eigenvalue weighted by molar-refractivity contribution is -0.130. The first-order valence-corrected chi connectivity index (χ1v) is 6.28. The van der Waals surface area contributed by atoms with Crippen molar-refractivity contribution in [2.24, 2.45) is 17.3 Å². The van der Waals surface area contributed by atoms with E-state index in [0.717, 1.165) is 38.0 Å². The summed E-state index contributed by atoms with van der Waals surface area (Å²) >= 11 is 0. The van der Waals surface area contributed by atoms with Crippen molar-refractivity contribution in [3.05, 3.63) is 12.2 Å². The molecule has 84 valence electrons. The second-order valence-corrected chi connectivity index (χ2v) is 5.71. The highest BCUT2D eigenvalue weighted by molar-refractivity contribution is 5.89. The second-order valence-electron chi connectivity index (χ2n) is 5.71. The minimum atomic E-state index is -0.0901. The number of carbonyl (C=O) groups is 1. The van der Waals surface area contributed by atoms with Gasteiger partial charge in [-0.2, -0.15) is 0 Å². The van der Waals surface area contributed by atoms with Crippen molar-refractivity contribution in [3.63, 3.8) is 0 Å². The van der Waals surface area contributed by atoms with Crippen LogP contribution in [0.5, 0.6) is 0 Å². The Morgan fingerprint density at radius 3 is 2.67 bits per heavy atom. The average Bonchev–Trinajstić information content (AvgIpc) is 2.54. The monoisotopic (exact) mass is 206 g/mol. The number of carbonyl (C=O) groups excluding carboxylic acids is 1. The quantitative estimate of drug-likeness (QED) is 0.597. The van der Waals surface area contributed by atoms with Gasteiger partial charge in [-0.25, -0.2) is 0 Å². The lowest BCUT2D eigenvalue weighted by Crippen LogP contribution is -2.37. The molecule has 0 bridgehead atoms. The van der Waals surface area contributed by atoms with Crippen LogP contribution in [0.4, 0.5) is 0 Å². The van der Waals surface area contributed by atoms with Crippen LogP contribution in [-0.4, -0.2) is 5.78 Å². The largest absolute Gasteiger partial charge is 0.299 e. The second kappa shape index (κ2) is 3.77. The molecule has 2 saturated carbocycles. The SMILES string of the molecule is C=C1CCC[C@]12C[C@@H](C(C)C)CCC2=O. The van der Waals surface area contributed by atoms with Crippen LogP contribution in [0.2, 0.25) is 0 Å². The molecule has 15 heavy (non-hydrogen) atoms. The fraction of sp³-hybridized carbons (Fsp3) is 0.786. The normalized spacial score (nSPS) is 36.9. The molecule has 0 aromatic carbocycles. The smallest absolute Gasteiger partial charge is 0.143 e. The molecule has 0 unspecified atom stereocenters. The molecule has 0 aromatic rings. The fourth-order valence-electron chi connectivity index (χ4n) is 3.39. The molecular formula is C14H22O. The Labute approximate surface area is 92.9 Å². The Hall–Kier alpha value is -0.590. The van der Waals surface area contributed by atoms with E-state index in [1.165, 1.54) is 12.0 Å². The Bertz CT molecular complexity index is 290. The minimum absolute atomic E-state index is 0.0901. The van der Waals surface area contributed by atoms with E-state index in [1.807, 2.05) is 0 Å². The van der Waals surface area contributed by atoms with Crippen molar-refractivity contribution >= 4 is 5.78 Å². The lowest BCUT2D eigenvalue weighted by Gasteiger charge is -2.39. The molecule has 0 amide bonds. The molecule has 0 aromatic heterocycles. The Kier molecular flexibility index (Phi) is 2.74. The molecule has 2 aliphatic carbocycles. The van der Waals surface area contributed by atoms with Crippen molar-refractivity contribution in [2.75, 3.05) is 0 Å². The van der Waals surface area contributed by atoms with Crippen molar-refractivity contribution in [3.8, 4) is 0 Å². The molecule has 1 nitrogen and oxygen atoms in total. The topological polar surface area (TPSA) is 17.1 Å². The number of hydrogen-bond donors (Lipinski definition) is 0. The molecule has 2 rings (SSSR count). The molecule has 1 spiro atoms. The van der Waals surface area contributed by atoms with Crippen LogP contribution in [0.1, 0.15) is 52.4 Å². The molecule has 0 radical (unpaired) electrons. The minimum Gasteiger partial charge on any atom is -0.299 e. The average molecular weight is 206 g/mol. The number of hydrogen-bond acceptors (Lipinski definition) is 1. The zero-order valence-corrected chi connectivity index (χ0v) is 10.0. The third kappa shape index (κ3) is 1.66. The zero-order valence-electron chi connectivity index (χ0n) is 10.0. The Morgan fingerprint density at radius 1 is 1.40 bits per heavy atom. The number of rotatable bonds is 1. The summed E-state index contributed by atoms with van der Waals surface area (Å²) < 4.78 is 0. The first-order valence-electron chi connectivity index (χ1n) is 6.28. The third-order valence-corrected chi connectivity index (χ3v) is 4.59. The first-order chi connectivity index (χ1) is 7.06. The zero-order chi connectivity index (χ0) is 11.1. The molecule has 0 heterocycles. The summed E-state index contributed by atoms with van der Waals surface area (Å²) in [7, 11) is 0. The molecule has 2 aliphatic rings. The predicted octanol–water partition coefficient (Wildman–Crippen LogP) is 3.74. The van der Waals surface area contributed by atoms with Gasteiger partial charge in [-0.05, 0) is 43.9 Å². The number of allylic oxidation sites excluding steroid dienone is 1. The van der Waals surface area contributed by atoms with E-state index in [2.05, 4.69) is 20.4 Å². The van der Waals surface area contributed by atoms with Crippen molar-refractivity contribution in [2.45, 2.75) is 52.4 Å². The van der Waals surface area contributed by atoms with Gasteiger partial charge < -0.3 is 0 Å². The van der Waals surface area contributed by atoms with Crippen LogP contribution in [-0.2, 0) is 4.79 Å². The van der Waals surface area contributed by atoms with Gasteiger partial charge in [0.2, 0.25) is 0 Å². The van der Waals surface area contributed by atoms with E-state index >= 15 is 0 Å². The van der Waals surface area contributed by atoms with Crippen LogP contribution in [0.25, 0.3) is 0 Å². The molecule has 0 saturated heterocycles. The molecule has 2 atom stereocenters. The maximum atomic E-state index is 12.1. The Morgan fingerprint density at radius 2 is 2.13 bits per heavy atom. The van der Waals surface area contributed by atoms with Crippen molar-refractivity contribution in [1.29, 1.82) is 0 Å². The summed E-state index contributed by atoms with van der Waals surface area (Å²) in [5.41, 5.74) is 1.14. The highest BCUT2D eigenvalue weighted by Gasteiger charge is 2.47. The lowest BCUT2D eigenvalue weighted by atomic mass is 9.64. The van der Waals surface area contributed by atoms with Gasteiger partial charge in [0.25, 0.3) is 0 Å². The van der Waals surface area contributed by atoms with Gasteiger partial charge in [0, 0.05) is 11.8 Å². The van der Waals surface area contributed by atoms with Crippen molar-refractivity contribution < 1.29 is 4.79 Å². The molecule has 2 fully saturated rings. The third-order valence-electron chi connectivity index (χ3n) is 4.59. The molecule has 0 aliphatic heterocycles. The highest BCUT2D eigenvalue weighted by Crippen LogP contribution is 2.52. The van der Waals surface area contributed by atoms with Crippen LogP contribution < -0.4 is 0 Å². The van der Waals surface area contributed by atoms with Gasteiger partial charge in [0.05, 0.1) is 0 Å². The van der Waals surface area contributed by atoms with E-state index in [0.29, 0.717) is 11.7 Å². The van der Waals surface area contributed by atoms with Gasteiger partial charge >= 0.3 is 0 Å². The summed E-state index contributed by atoms with van der Waals surface area (Å²) in [6.07, 6.45) is 6.32. The van der Waals surface area contributed by atoms with E-state index in [9.17, 15) is 4.79 Å². The van der Waals surface area contributed by atoms with Crippen LogP contribution in [0, 0.1) is 17.3 Å². The standard InChI is InChI=1S/C14H22O/c1-10(2)12-6-7-13(15)14(9-12)8-4-5-11(14)3/h10,12H,3-9H2,1-2H3/t12-,14-/m0/s1. The van der Waals surface area contributed by atoms with Gasteiger partial charge in [-0.3, -0.25) is 4.79 Å². The molecule has 1 heteroatoms. The van der Waals surface area contributed by atoms with Gasteiger partial charge in [-0.1, -0.05) is 26.0 Å². The van der Waals surface area contributed by atoms with Gasteiger partial charge in [-0.15, -0.1) is 0 Å². The van der Waals surface area contributed by atoms with Gasteiger partial charge in [0.15, 0.2) is 0 Å². The predicted molar refractivity (Wildman–Crippen MR) is 62.6 cm³/mol. The van der Waals surface area contributed by atoms with Gasteiger partial charge in [0.1, 0.15) is 5.78 Å². The summed E-state index contributed by atoms with van der Waals surface area (Å²) in [6, 6.07) is 0. The van der Waals surface area contributed by atoms with E-state index in [-0.39, 0.29) is 5.41 Å².